The van der Waals surface area contributed by atoms with E-state index in [0.29, 0.717) is 28.4 Å². The van der Waals surface area contributed by atoms with Crippen molar-refractivity contribution in [3.05, 3.63) is 65.0 Å². The van der Waals surface area contributed by atoms with Gasteiger partial charge in [0.05, 0.1) is 6.07 Å². The number of carbonyl (C=O) groups is 1. The summed E-state index contributed by atoms with van der Waals surface area (Å²) in [6, 6.07) is 14.7. The van der Waals surface area contributed by atoms with Gasteiger partial charge in [-0.3, -0.25) is 0 Å². The van der Waals surface area contributed by atoms with E-state index in [1.54, 1.807) is 30.3 Å². The van der Waals surface area contributed by atoms with Gasteiger partial charge < -0.3 is 19.3 Å². The van der Waals surface area contributed by atoms with Gasteiger partial charge in [0.1, 0.15) is 5.69 Å². The fourth-order valence-electron chi connectivity index (χ4n) is 2.44. The van der Waals surface area contributed by atoms with Crippen LogP contribution in [0.5, 0.6) is 11.5 Å². The number of hydrogen-bond donors (Lipinski definition) is 1. The molecule has 0 fully saturated rings. The molecule has 2 heterocycles. The minimum Gasteiger partial charge on any atom is -0.454 e. The normalized spacial score (nSPS) is 12.2. The number of fused-ring (bicyclic) bond motifs is 1. The zero-order valence-electron chi connectivity index (χ0n) is 12.4. The van der Waals surface area contributed by atoms with Crippen molar-refractivity contribution >= 4 is 11.7 Å². The summed E-state index contributed by atoms with van der Waals surface area (Å²) in [6.45, 7) is 0.150. The highest BCUT2D eigenvalue weighted by atomic mass is 16.7. The molecule has 1 aliphatic heterocycles. The van der Waals surface area contributed by atoms with Crippen molar-refractivity contribution < 1.29 is 18.8 Å². The molecule has 0 aliphatic carbocycles. The van der Waals surface area contributed by atoms with Crippen LogP contribution >= 0.6 is 0 Å². The molecule has 7 nitrogen and oxygen atoms in total. The van der Waals surface area contributed by atoms with Gasteiger partial charge >= 0.3 is 11.7 Å². The maximum atomic E-state index is 12.5. The Labute approximate surface area is 136 Å². The van der Waals surface area contributed by atoms with Crippen LogP contribution in [-0.4, -0.2) is 17.6 Å². The zero-order valence-corrected chi connectivity index (χ0v) is 12.4. The van der Waals surface area contributed by atoms with Crippen molar-refractivity contribution in [1.29, 1.82) is 0 Å². The Bertz CT molecular complexity index is 959. The van der Waals surface area contributed by atoms with E-state index in [1.165, 1.54) is 6.07 Å². The first kappa shape index (κ1) is 14.1. The molecular weight excluding hydrogens is 312 g/mol. The van der Waals surface area contributed by atoms with E-state index in [2.05, 4.69) is 5.32 Å². The first-order chi connectivity index (χ1) is 11.7. The lowest BCUT2D eigenvalue weighted by Gasteiger charge is -2.08. The smallest absolute Gasteiger partial charge is 0.359 e. The van der Waals surface area contributed by atoms with Gasteiger partial charge in [0.25, 0.3) is 0 Å². The third kappa shape index (κ3) is 2.52. The second-order valence-electron chi connectivity index (χ2n) is 5.10. The summed E-state index contributed by atoms with van der Waals surface area (Å²) < 4.78 is 16.4. The van der Waals surface area contributed by atoms with Gasteiger partial charge in [-0.25, -0.2) is 9.59 Å². The van der Waals surface area contributed by atoms with Crippen molar-refractivity contribution in [3.63, 3.8) is 0 Å². The maximum Gasteiger partial charge on any atom is 0.359 e. The first-order valence-electron chi connectivity index (χ1n) is 7.20. The first-order valence-corrected chi connectivity index (χ1v) is 7.20. The molecule has 0 spiro atoms. The fourth-order valence-corrected chi connectivity index (χ4v) is 2.44. The number of nitrogens with zero attached hydrogens (tertiary/aromatic N) is 1. The van der Waals surface area contributed by atoms with Gasteiger partial charge in [0.15, 0.2) is 11.5 Å². The maximum absolute atomic E-state index is 12.5. The number of benzene rings is 2. The van der Waals surface area contributed by atoms with Crippen molar-refractivity contribution in [2.24, 2.45) is 0 Å². The molecule has 24 heavy (non-hydrogen) atoms. The highest BCUT2D eigenvalue weighted by Gasteiger charge is 2.18. The summed E-state index contributed by atoms with van der Waals surface area (Å²) in [6.07, 6.45) is 0. The van der Waals surface area contributed by atoms with Gasteiger partial charge in [-0.15, -0.1) is 4.74 Å². The number of nitrogens with one attached hydrogen (secondary N) is 1. The van der Waals surface area contributed by atoms with Crippen LogP contribution in [0.25, 0.3) is 11.3 Å². The summed E-state index contributed by atoms with van der Waals surface area (Å²) in [5.41, 5.74) is 0.970. The summed E-state index contributed by atoms with van der Waals surface area (Å²) >= 11 is 0. The van der Waals surface area contributed by atoms with Gasteiger partial charge in [-0.05, 0) is 12.1 Å². The van der Waals surface area contributed by atoms with Gasteiger partial charge in [0.2, 0.25) is 6.79 Å². The van der Waals surface area contributed by atoms with E-state index >= 15 is 0 Å². The van der Waals surface area contributed by atoms with E-state index < -0.39 is 11.7 Å². The van der Waals surface area contributed by atoms with Crippen LogP contribution in [0.15, 0.2) is 63.9 Å². The number of hydrogen-bond acceptors (Lipinski definition) is 5. The zero-order chi connectivity index (χ0) is 16.5. The highest BCUT2D eigenvalue weighted by Crippen LogP contribution is 2.34. The largest absolute Gasteiger partial charge is 0.454 e. The van der Waals surface area contributed by atoms with Gasteiger partial charge in [0, 0.05) is 17.3 Å². The predicted molar refractivity (Wildman–Crippen MR) is 85.4 cm³/mol. The molecule has 0 radical (unpaired) electrons. The molecule has 7 heteroatoms. The summed E-state index contributed by atoms with van der Waals surface area (Å²) in [5, 5.41) is 2.67. The van der Waals surface area contributed by atoms with Crippen LogP contribution < -0.4 is 20.4 Å². The van der Waals surface area contributed by atoms with Crippen molar-refractivity contribution in [3.8, 4) is 22.8 Å². The molecule has 1 aromatic heterocycles. The van der Waals surface area contributed by atoms with E-state index in [1.807, 2.05) is 18.2 Å². The number of amides is 1. The van der Waals surface area contributed by atoms with Crippen molar-refractivity contribution in [2.45, 2.75) is 0 Å². The van der Waals surface area contributed by atoms with Crippen LogP contribution in [0.2, 0.25) is 0 Å². The average Bonchev–Trinajstić information content (AvgIpc) is 3.21. The minimum absolute atomic E-state index is 0.150. The van der Waals surface area contributed by atoms with Crippen LogP contribution in [-0.2, 0) is 0 Å². The monoisotopic (exact) mass is 324 g/mol. The standard InChI is InChI=1S/C17H12N2O5/c20-16-9-13(11-4-2-1-3-5-11)19(24-16)17(21)18-12-6-7-14-15(8-12)23-10-22-14/h1-9H,10H2,(H,18,21). The average molecular weight is 324 g/mol. The predicted octanol–water partition coefficient (Wildman–Crippen LogP) is 2.92. The molecule has 0 atom stereocenters. The van der Waals surface area contributed by atoms with Gasteiger partial charge in [-0.1, -0.05) is 30.3 Å². The Morgan fingerprint density at radius 1 is 1.00 bits per heavy atom. The van der Waals surface area contributed by atoms with Gasteiger partial charge in [-0.2, -0.15) is 0 Å². The van der Waals surface area contributed by atoms with E-state index in [9.17, 15) is 9.59 Å². The quantitative estimate of drug-likeness (QED) is 0.783. The second-order valence-corrected chi connectivity index (χ2v) is 5.10. The molecule has 0 unspecified atom stereocenters. The molecule has 3 aromatic rings. The van der Waals surface area contributed by atoms with Crippen molar-refractivity contribution in [2.75, 3.05) is 12.1 Å². The topological polar surface area (TPSA) is 82.7 Å². The summed E-state index contributed by atoms with van der Waals surface area (Å²) in [7, 11) is 0. The molecule has 1 amide bonds. The highest BCUT2D eigenvalue weighted by molar-refractivity contribution is 5.93. The molecule has 1 aliphatic rings. The SMILES string of the molecule is O=C(Nc1ccc2c(c1)OCO2)n1oc(=O)cc1-c1ccccc1. The number of anilines is 1. The Hall–Kier alpha value is -3.48. The number of aromatic nitrogens is 1. The minimum atomic E-state index is -0.602. The lowest BCUT2D eigenvalue weighted by atomic mass is 10.1. The van der Waals surface area contributed by atoms with E-state index in [4.69, 9.17) is 14.0 Å². The third-order valence-corrected chi connectivity index (χ3v) is 3.53. The Morgan fingerprint density at radius 3 is 2.62 bits per heavy atom. The number of ether oxygens (including phenoxy) is 2. The molecule has 1 N–H and O–H groups in total. The van der Waals surface area contributed by atoms with Crippen LogP contribution in [0.3, 0.4) is 0 Å². The lowest BCUT2D eigenvalue weighted by molar-refractivity contribution is 0.174. The third-order valence-electron chi connectivity index (χ3n) is 3.53. The molecule has 2 aromatic carbocycles. The molecule has 0 saturated heterocycles. The number of rotatable bonds is 2. The molecule has 4 rings (SSSR count). The fraction of sp³-hybridized carbons (Fsp3) is 0.0588. The summed E-state index contributed by atoms with van der Waals surface area (Å²) in [5.74, 6) is 1.16. The van der Waals surface area contributed by atoms with Crippen LogP contribution in [0.4, 0.5) is 10.5 Å². The van der Waals surface area contributed by atoms with Crippen LogP contribution in [0.1, 0.15) is 0 Å². The second kappa shape index (κ2) is 5.62. The van der Waals surface area contributed by atoms with Crippen molar-refractivity contribution in [1.82, 2.24) is 4.74 Å². The summed E-state index contributed by atoms with van der Waals surface area (Å²) in [4.78, 5) is 24.1. The van der Waals surface area contributed by atoms with E-state index in [0.717, 1.165) is 4.74 Å². The molecule has 120 valence electrons. The molecular formula is C17H12N2O5. The molecule has 0 bridgehead atoms. The number of carbonyl (C=O) groups excluding carboxylic acids is 1. The molecule has 0 saturated carbocycles. The lowest BCUT2D eigenvalue weighted by Crippen LogP contribution is -2.19. The van der Waals surface area contributed by atoms with E-state index in [-0.39, 0.29) is 6.79 Å². The Balaban J connectivity index is 1.65. The Kier molecular flexibility index (Phi) is 3.31. The Morgan fingerprint density at radius 2 is 1.79 bits per heavy atom. The van der Waals surface area contributed by atoms with Crippen LogP contribution in [0, 0.1) is 0 Å².